The van der Waals surface area contributed by atoms with E-state index in [0.29, 0.717) is 6.42 Å². The van der Waals surface area contributed by atoms with Crippen LogP contribution >= 0.6 is 0 Å². The molecule has 2 heteroatoms. The van der Waals surface area contributed by atoms with Gasteiger partial charge in [-0.1, -0.05) is 26.8 Å². The summed E-state index contributed by atoms with van der Waals surface area (Å²) in [6, 6.07) is 0. The highest BCUT2D eigenvalue weighted by molar-refractivity contribution is 6.10. The Hall–Kier alpha value is -1.05. The molecular weight excluding hydrogens is 164 g/mol. The van der Waals surface area contributed by atoms with Crippen molar-refractivity contribution in [2.45, 2.75) is 34.1 Å². The smallest absolute Gasteiger partial charge is 0.223 e. The van der Waals surface area contributed by atoms with Crippen molar-refractivity contribution in [1.29, 1.82) is 0 Å². The van der Waals surface area contributed by atoms with Crippen molar-refractivity contribution in [3.8, 4) is 0 Å². The maximum Gasteiger partial charge on any atom is 0.223 e. The Morgan fingerprint density at radius 1 is 1.38 bits per heavy atom. The highest BCUT2D eigenvalue weighted by atomic mass is 16.3. The molecule has 2 nitrogen and oxygen atoms in total. The molecule has 72 valence electrons. The van der Waals surface area contributed by atoms with Gasteiger partial charge in [0, 0.05) is 12.0 Å². The monoisotopic (exact) mass is 180 g/mol. The molecule has 0 aromatic carbocycles. The molecule has 0 saturated heterocycles. The lowest BCUT2D eigenvalue weighted by Gasteiger charge is -2.12. The standard InChI is InChI=1S/C11H16O2/c1-7-5-8(6-11(2,3)4)10(13)9(7)12/h6,12H,5H2,1-4H3/b8-6+. The van der Waals surface area contributed by atoms with Crippen LogP contribution in [0.3, 0.4) is 0 Å². The van der Waals surface area contributed by atoms with E-state index in [-0.39, 0.29) is 17.0 Å². The zero-order valence-corrected chi connectivity index (χ0v) is 8.64. The molecule has 1 aliphatic carbocycles. The number of rotatable bonds is 0. The minimum Gasteiger partial charge on any atom is -0.504 e. The second-order valence-electron chi connectivity index (χ2n) is 4.67. The Morgan fingerprint density at radius 3 is 2.23 bits per heavy atom. The molecule has 0 heterocycles. The van der Waals surface area contributed by atoms with Crippen LogP contribution in [0.2, 0.25) is 0 Å². The third-order valence-electron chi connectivity index (χ3n) is 1.97. The molecule has 1 N–H and O–H groups in total. The van der Waals surface area contributed by atoms with Crippen LogP contribution in [0.5, 0.6) is 0 Å². The van der Waals surface area contributed by atoms with E-state index in [4.69, 9.17) is 0 Å². The van der Waals surface area contributed by atoms with Crippen molar-refractivity contribution < 1.29 is 9.90 Å². The van der Waals surface area contributed by atoms with Crippen LogP contribution in [-0.2, 0) is 4.79 Å². The lowest BCUT2D eigenvalue weighted by Crippen LogP contribution is -2.05. The summed E-state index contributed by atoms with van der Waals surface area (Å²) in [6.45, 7) is 7.91. The van der Waals surface area contributed by atoms with Gasteiger partial charge in [0.25, 0.3) is 0 Å². The number of carbonyl (C=O) groups excluding carboxylic acids is 1. The van der Waals surface area contributed by atoms with Gasteiger partial charge in [0.15, 0.2) is 5.76 Å². The van der Waals surface area contributed by atoms with Crippen molar-refractivity contribution in [3.05, 3.63) is 23.0 Å². The van der Waals surface area contributed by atoms with Crippen molar-refractivity contribution in [2.75, 3.05) is 0 Å². The Morgan fingerprint density at radius 2 is 1.92 bits per heavy atom. The highest BCUT2D eigenvalue weighted by Gasteiger charge is 2.26. The number of aliphatic hydroxyl groups is 1. The van der Waals surface area contributed by atoms with Crippen LogP contribution in [-0.4, -0.2) is 10.9 Å². The van der Waals surface area contributed by atoms with E-state index in [1.807, 2.05) is 26.8 Å². The first-order valence-electron chi connectivity index (χ1n) is 4.46. The van der Waals surface area contributed by atoms with Gasteiger partial charge in [0.2, 0.25) is 5.78 Å². The van der Waals surface area contributed by atoms with E-state index in [2.05, 4.69) is 0 Å². The Balaban J connectivity index is 2.93. The number of Topliss-reactive ketones (excluding diaryl/α,β-unsaturated/α-hetero) is 1. The summed E-state index contributed by atoms with van der Waals surface area (Å²) in [5, 5.41) is 9.32. The Bertz CT molecular complexity index is 301. The fourth-order valence-corrected chi connectivity index (χ4v) is 1.43. The molecule has 0 spiro atoms. The fourth-order valence-electron chi connectivity index (χ4n) is 1.43. The normalized spacial score (nSPS) is 21.8. The molecule has 0 unspecified atom stereocenters. The molecule has 0 fully saturated rings. The van der Waals surface area contributed by atoms with Gasteiger partial charge in [-0.05, 0) is 17.9 Å². The topological polar surface area (TPSA) is 37.3 Å². The zero-order chi connectivity index (χ0) is 10.2. The average molecular weight is 180 g/mol. The molecule has 0 amide bonds. The van der Waals surface area contributed by atoms with Crippen LogP contribution in [0.15, 0.2) is 23.0 Å². The first-order chi connectivity index (χ1) is 5.81. The van der Waals surface area contributed by atoms with E-state index in [1.165, 1.54) is 0 Å². The van der Waals surface area contributed by atoms with Gasteiger partial charge >= 0.3 is 0 Å². The molecule has 0 bridgehead atoms. The first-order valence-corrected chi connectivity index (χ1v) is 4.46. The van der Waals surface area contributed by atoms with Gasteiger partial charge in [-0.25, -0.2) is 0 Å². The largest absolute Gasteiger partial charge is 0.504 e. The lowest BCUT2D eigenvalue weighted by atomic mass is 9.92. The van der Waals surface area contributed by atoms with Gasteiger partial charge in [0.05, 0.1) is 0 Å². The van der Waals surface area contributed by atoms with Gasteiger partial charge in [-0.3, -0.25) is 4.79 Å². The minimum absolute atomic E-state index is 0.00407. The maximum atomic E-state index is 11.4. The van der Waals surface area contributed by atoms with E-state index in [1.54, 1.807) is 6.92 Å². The zero-order valence-electron chi connectivity index (χ0n) is 8.64. The van der Waals surface area contributed by atoms with Crippen LogP contribution in [0, 0.1) is 5.41 Å². The highest BCUT2D eigenvalue weighted by Crippen LogP contribution is 2.29. The first kappa shape index (κ1) is 10.0. The minimum atomic E-state index is -0.201. The van der Waals surface area contributed by atoms with Gasteiger partial charge in [-0.2, -0.15) is 0 Å². The predicted octanol–water partition coefficient (Wildman–Crippen LogP) is 2.76. The van der Waals surface area contributed by atoms with Crippen LogP contribution in [0.25, 0.3) is 0 Å². The number of ketones is 1. The molecule has 1 rings (SSSR count). The van der Waals surface area contributed by atoms with Gasteiger partial charge in [-0.15, -0.1) is 0 Å². The van der Waals surface area contributed by atoms with Crippen molar-refractivity contribution in [1.82, 2.24) is 0 Å². The summed E-state index contributed by atoms with van der Waals surface area (Å²) in [6.07, 6.45) is 2.53. The summed E-state index contributed by atoms with van der Waals surface area (Å²) in [4.78, 5) is 11.4. The Kier molecular flexibility index (Phi) is 2.33. The second kappa shape index (κ2) is 3.02. The third kappa shape index (κ3) is 2.20. The number of aliphatic hydroxyl groups excluding tert-OH is 1. The fraction of sp³-hybridized carbons (Fsp3) is 0.545. The summed E-state index contributed by atoms with van der Waals surface area (Å²) in [5.74, 6) is -0.261. The summed E-state index contributed by atoms with van der Waals surface area (Å²) in [5.41, 5.74) is 1.50. The molecule has 1 aliphatic rings. The molecule has 13 heavy (non-hydrogen) atoms. The van der Waals surface area contributed by atoms with Gasteiger partial charge in [0.1, 0.15) is 0 Å². The quantitative estimate of drug-likeness (QED) is 0.582. The molecule has 0 aromatic rings. The lowest BCUT2D eigenvalue weighted by molar-refractivity contribution is -0.114. The van der Waals surface area contributed by atoms with Crippen LogP contribution < -0.4 is 0 Å². The number of carbonyl (C=O) groups is 1. The van der Waals surface area contributed by atoms with Gasteiger partial charge < -0.3 is 5.11 Å². The van der Waals surface area contributed by atoms with Crippen LogP contribution in [0.4, 0.5) is 0 Å². The van der Waals surface area contributed by atoms with Crippen molar-refractivity contribution >= 4 is 5.78 Å². The molecule has 0 atom stereocenters. The average Bonchev–Trinajstić information content (AvgIpc) is 2.15. The summed E-state index contributed by atoms with van der Waals surface area (Å²) < 4.78 is 0. The van der Waals surface area contributed by atoms with E-state index in [0.717, 1.165) is 11.1 Å². The molecule has 0 saturated carbocycles. The maximum absolute atomic E-state index is 11.4. The number of allylic oxidation sites excluding steroid dienone is 3. The second-order valence-corrected chi connectivity index (χ2v) is 4.67. The number of hydrogen-bond donors (Lipinski definition) is 1. The third-order valence-corrected chi connectivity index (χ3v) is 1.97. The molecular formula is C11H16O2. The Labute approximate surface area is 79.0 Å². The van der Waals surface area contributed by atoms with E-state index >= 15 is 0 Å². The molecule has 0 aliphatic heterocycles. The van der Waals surface area contributed by atoms with E-state index < -0.39 is 0 Å². The van der Waals surface area contributed by atoms with E-state index in [9.17, 15) is 9.90 Å². The molecule has 0 aromatic heterocycles. The van der Waals surface area contributed by atoms with Crippen molar-refractivity contribution in [3.63, 3.8) is 0 Å². The van der Waals surface area contributed by atoms with Crippen molar-refractivity contribution in [2.24, 2.45) is 5.41 Å². The summed E-state index contributed by atoms with van der Waals surface area (Å²) >= 11 is 0. The summed E-state index contributed by atoms with van der Waals surface area (Å²) in [7, 11) is 0. The number of hydrogen-bond acceptors (Lipinski definition) is 2. The predicted molar refractivity (Wildman–Crippen MR) is 52.5 cm³/mol. The SMILES string of the molecule is CC1=C(O)C(=O)/C(=C/C(C)(C)C)C1. The van der Waals surface area contributed by atoms with Crippen LogP contribution in [0.1, 0.15) is 34.1 Å². The molecule has 0 radical (unpaired) electrons.